The molecule has 0 fully saturated rings. The second-order valence-corrected chi connectivity index (χ2v) is 5.22. The van der Waals surface area contributed by atoms with Crippen LogP contribution in [0.25, 0.3) is 0 Å². The van der Waals surface area contributed by atoms with E-state index in [1.165, 1.54) is 11.3 Å². The molecule has 3 nitrogen and oxygen atoms in total. The molecular weight excluding hydrogens is 256 g/mol. The summed E-state index contributed by atoms with van der Waals surface area (Å²) in [4.78, 5) is 5.34. The molecule has 2 rings (SSSR count). The van der Waals surface area contributed by atoms with Gasteiger partial charge in [-0.05, 0) is 30.7 Å². The Morgan fingerprint density at radius 2 is 2.24 bits per heavy atom. The maximum atomic E-state index is 6.16. The van der Waals surface area contributed by atoms with E-state index in [1.54, 1.807) is 7.11 Å². The smallest absolute Gasteiger partial charge is 0.180 e. The van der Waals surface area contributed by atoms with E-state index in [0.717, 1.165) is 33.3 Å². The summed E-state index contributed by atoms with van der Waals surface area (Å²) in [6.45, 7) is 1.95. The third-order valence-electron chi connectivity index (χ3n) is 2.51. The number of thiazole rings is 1. The van der Waals surface area contributed by atoms with Crippen molar-refractivity contribution in [3.05, 3.63) is 39.4 Å². The Morgan fingerprint density at radius 3 is 2.82 bits per heavy atom. The van der Waals surface area contributed by atoms with Crippen LogP contribution in [-0.2, 0) is 6.42 Å². The van der Waals surface area contributed by atoms with E-state index < -0.39 is 0 Å². The van der Waals surface area contributed by atoms with E-state index >= 15 is 0 Å². The van der Waals surface area contributed by atoms with E-state index in [4.69, 9.17) is 22.1 Å². The first kappa shape index (κ1) is 12.2. The van der Waals surface area contributed by atoms with Crippen molar-refractivity contribution < 1.29 is 4.74 Å². The number of hydrogen-bond acceptors (Lipinski definition) is 4. The number of aromatic nitrogens is 1. The van der Waals surface area contributed by atoms with Crippen LogP contribution in [-0.4, -0.2) is 12.1 Å². The van der Waals surface area contributed by atoms with Gasteiger partial charge in [-0.2, -0.15) is 0 Å². The van der Waals surface area contributed by atoms with Gasteiger partial charge in [-0.25, -0.2) is 4.98 Å². The van der Waals surface area contributed by atoms with Gasteiger partial charge in [0, 0.05) is 16.3 Å². The van der Waals surface area contributed by atoms with Gasteiger partial charge in [-0.1, -0.05) is 11.6 Å². The molecule has 0 unspecified atom stereocenters. The van der Waals surface area contributed by atoms with Crippen molar-refractivity contribution in [3.8, 4) is 5.75 Å². The van der Waals surface area contributed by atoms with E-state index in [-0.39, 0.29) is 0 Å². The zero-order valence-corrected chi connectivity index (χ0v) is 11.2. The molecule has 0 aliphatic rings. The summed E-state index contributed by atoms with van der Waals surface area (Å²) in [5.41, 5.74) is 7.67. The number of aryl methyl sites for hydroxylation is 1. The summed E-state index contributed by atoms with van der Waals surface area (Å²) in [7, 11) is 1.64. The Labute approximate surface area is 109 Å². The van der Waals surface area contributed by atoms with Crippen LogP contribution in [0.4, 0.5) is 5.13 Å². The van der Waals surface area contributed by atoms with Crippen LogP contribution < -0.4 is 10.5 Å². The Bertz CT molecular complexity index is 539. The van der Waals surface area contributed by atoms with Crippen molar-refractivity contribution in [1.29, 1.82) is 0 Å². The van der Waals surface area contributed by atoms with Gasteiger partial charge in [0.05, 0.1) is 12.8 Å². The quantitative estimate of drug-likeness (QED) is 0.929. The summed E-state index contributed by atoms with van der Waals surface area (Å²) in [5.74, 6) is 0.805. The maximum Gasteiger partial charge on any atom is 0.180 e. The lowest BCUT2D eigenvalue weighted by Crippen LogP contribution is -1.91. The number of nitrogen functional groups attached to an aromatic ring is 1. The number of ether oxygens (including phenoxy) is 1. The van der Waals surface area contributed by atoms with Gasteiger partial charge in [-0.3, -0.25) is 0 Å². The molecule has 1 aromatic heterocycles. The fraction of sp³-hybridized carbons (Fsp3) is 0.250. The number of anilines is 1. The number of rotatable bonds is 3. The minimum atomic E-state index is 0.594. The molecule has 0 aliphatic carbocycles. The van der Waals surface area contributed by atoms with E-state index in [1.807, 2.05) is 25.1 Å². The zero-order chi connectivity index (χ0) is 12.4. The molecule has 0 atom stereocenters. The minimum absolute atomic E-state index is 0.594. The number of halogens is 1. The van der Waals surface area contributed by atoms with Crippen molar-refractivity contribution >= 4 is 28.1 Å². The first-order valence-electron chi connectivity index (χ1n) is 5.14. The van der Waals surface area contributed by atoms with Crippen LogP contribution in [0.15, 0.2) is 18.2 Å². The highest BCUT2D eigenvalue weighted by atomic mass is 35.5. The molecule has 0 bridgehead atoms. The molecule has 0 aliphatic heterocycles. The van der Waals surface area contributed by atoms with Gasteiger partial charge in [-0.15, -0.1) is 11.3 Å². The molecule has 1 aromatic carbocycles. The lowest BCUT2D eigenvalue weighted by atomic mass is 10.1. The SMILES string of the molecule is COc1ccc(Cl)c(Cc2sc(N)nc2C)c1. The maximum absolute atomic E-state index is 6.16. The lowest BCUT2D eigenvalue weighted by Gasteiger charge is -2.06. The number of hydrogen-bond donors (Lipinski definition) is 1. The summed E-state index contributed by atoms with van der Waals surface area (Å²) >= 11 is 7.66. The molecule has 0 spiro atoms. The molecule has 90 valence electrons. The molecule has 2 N–H and O–H groups in total. The van der Waals surface area contributed by atoms with Crippen molar-refractivity contribution in [3.63, 3.8) is 0 Å². The number of nitrogens with zero attached hydrogens (tertiary/aromatic N) is 1. The van der Waals surface area contributed by atoms with Crippen LogP contribution in [0.2, 0.25) is 5.02 Å². The summed E-state index contributed by atoms with van der Waals surface area (Å²) in [5, 5.41) is 1.33. The van der Waals surface area contributed by atoms with E-state index in [0.29, 0.717) is 5.13 Å². The summed E-state index contributed by atoms with van der Waals surface area (Å²) in [6, 6.07) is 5.63. The molecule has 2 aromatic rings. The van der Waals surface area contributed by atoms with Crippen LogP contribution in [0.3, 0.4) is 0 Å². The summed E-state index contributed by atoms with van der Waals surface area (Å²) < 4.78 is 5.19. The Morgan fingerprint density at radius 1 is 1.47 bits per heavy atom. The molecule has 0 saturated carbocycles. The molecule has 17 heavy (non-hydrogen) atoms. The van der Waals surface area contributed by atoms with Gasteiger partial charge < -0.3 is 10.5 Å². The molecular formula is C12H13ClN2OS. The van der Waals surface area contributed by atoms with Crippen molar-refractivity contribution in [2.24, 2.45) is 0 Å². The van der Waals surface area contributed by atoms with E-state index in [2.05, 4.69) is 4.98 Å². The van der Waals surface area contributed by atoms with Gasteiger partial charge in [0.2, 0.25) is 0 Å². The fourth-order valence-electron chi connectivity index (χ4n) is 1.60. The molecule has 0 radical (unpaired) electrons. The van der Waals surface area contributed by atoms with Crippen LogP contribution >= 0.6 is 22.9 Å². The highest BCUT2D eigenvalue weighted by Crippen LogP contribution is 2.28. The third kappa shape index (κ3) is 2.70. The highest BCUT2D eigenvalue weighted by Gasteiger charge is 2.09. The Kier molecular flexibility index (Phi) is 3.54. The lowest BCUT2D eigenvalue weighted by molar-refractivity contribution is 0.414. The second-order valence-electron chi connectivity index (χ2n) is 3.69. The monoisotopic (exact) mass is 268 g/mol. The average Bonchev–Trinajstić information content (AvgIpc) is 2.60. The third-order valence-corrected chi connectivity index (χ3v) is 3.87. The molecule has 5 heteroatoms. The molecule has 1 heterocycles. The Balaban J connectivity index is 2.32. The van der Waals surface area contributed by atoms with Crippen LogP contribution in [0.5, 0.6) is 5.75 Å². The predicted molar refractivity (Wildman–Crippen MR) is 72.1 cm³/mol. The molecule has 0 saturated heterocycles. The van der Waals surface area contributed by atoms with Gasteiger partial charge >= 0.3 is 0 Å². The topological polar surface area (TPSA) is 48.1 Å². The first-order valence-corrected chi connectivity index (χ1v) is 6.34. The zero-order valence-electron chi connectivity index (χ0n) is 9.66. The normalized spacial score (nSPS) is 10.5. The Hall–Kier alpha value is -1.26. The van der Waals surface area contributed by atoms with Crippen molar-refractivity contribution in [1.82, 2.24) is 4.98 Å². The fourth-order valence-corrected chi connectivity index (χ4v) is 2.64. The van der Waals surface area contributed by atoms with Crippen LogP contribution in [0, 0.1) is 6.92 Å². The largest absolute Gasteiger partial charge is 0.497 e. The first-order chi connectivity index (χ1) is 8.10. The van der Waals surface area contributed by atoms with Gasteiger partial charge in [0.25, 0.3) is 0 Å². The van der Waals surface area contributed by atoms with Crippen LogP contribution in [0.1, 0.15) is 16.1 Å². The standard InChI is InChI=1S/C12H13ClN2OS/c1-7-11(17-12(14)15-7)6-8-5-9(16-2)3-4-10(8)13/h3-5H,6H2,1-2H3,(H2,14,15). The van der Waals surface area contributed by atoms with Gasteiger partial charge in [0.1, 0.15) is 5.75 Å². The predicted octanol–water partition coefficient (Wildman–Crippen LogP) is 3.29. The van der Waals surface area contributed by atoms with Crippen molar-refractivity contribution in [2.45, 2.75) is 13.3 Å². The second kappa shape index (κ2) is 4.94. The minimum Gasteiger partial charge on any atom is -0.497 e. The van der Waals surface area contributed by atoms with E-state index in [9.17, 15) is 0 Å². The van der Waals surface area contributed by atoms with Crippen molar-refractivity contribution in [2.75, 3.05) is 12.8 Å². The average molecular weight is 269 g/mol. The number of methoxy groups -OCH3 is 1. The number of benzene rings is 1. The highest BCUT2D eigenvalue weighted by molar-refractivity contribution is 7.15. The van der Waals surface area contributed by atoms with Gasteiger partial charge in [0.15, 0.2) is 5.13 Å². The summed E-state index contributed by atoms with van der Waals surface area (Å²) in [6.07, 6.45) is 0.733. The molecule has 0 amide bonds. The number of nitrogens with two attached hydrogens (primary N) is 1.